The first-order valence-corrected chi connectivity index (χ1v) is 8.89. The highest BCUT2D eigenvalue weighted by molar-refractivity contribution is 5.69. The Bertz CT molecular complexity index is 893. The third-order valence-corrected chi connectivity index (χ3v) is 5.13. The number of rotatable bonds is 5. The minimum atomic E-state index is -4.01. The van der Waals surface area contributed by atoms with Gasteiger partial charge in [0.25, 0.3) is 0 Å². The molecule has 2 aromatic carbocycles. The molecule has 0 spiro atoms. The largest absolute Gasteiger partial charge is 0.314 e. The standard InChI is InChI=1S/C23H22F4/c1-15-5-4-6-18(11-15)16(2)7-8-17(3)19-9-10-20-13-22(24,25)23(26,27)14-21(20)12-19/h4-6,9-12H,2-3,7-8,13-14H2,1H3. The number of hydrogen-bond donors (Lipinski definition) is 0. The molecule has 142 valence electrons. The van der Waals surface area contributed by atoms with Crippen molar-refractivity contribution in [3.63, 3.8) is 0 Å². The summed E-state index contributed by atoms with van der Waals surface area (Å²) in [7, 11) is 0. The maximum absolute atomic E-state index is 13.7. The minimum Gasteiger partial charge on any atom is -0.200 e. The van der Waals surface area contributed by atoms with Crippen LogP contribution in [0.1, 0.15) is 40.7 Å². The van der Waals surface area contributed by atoms with Gasteiger partial charge in [0.2, 0.25) is 0 Å². The van der Waals surface area contributed by atoms with E-state index in [9.17, 15) is 17.6 Å². The van der Waals surface area contributed by atoms with Gasteiger partial charge in [-0.3, -0.25) is 0 Å². The fourth-order valence-corrected chi connectivity index (χ4v) is 3.38. The fourth-order valence-electron chi connectivity index (χ4n) is 3.38. The zero-order chi connectivity index (χ0) is 19.8. The summed E-state index contributed by atoms with van der Waals surface area (Å²) in [5, 5.41) is 0. The Balaban J connectivity index is 1.71. The number of allylic oxidation sites excluding steroid dienone is 2. The van der Waals surface area contributed by atoms with Crippen LogP contribution >= 0.6 is 0 Å². The molecule has 0 fully saturated rings. The van der Waals surface area contributed by atoms with Crippen LogP contribution in [0.5, 0.6) is 0 Å². The number of benzene rings is 2. The SMILES string of the molecule is C=C(CCC(=C)c1ccc2c(c1)CC(F)(F)C(F)(F)C2)c1cccc(C)c1. The van der Waals surface area contributed by atoms with Gasteiger partial charge in [-0.05, 0) is 53.2 Å². The van der Waals surface area contributed by atoms with E-state index in [1.165, 1.54) is 6.07 Å². The zero-order valence-electron chi connectivity index (χ0n) is 15.3. The Morgan fingerprint density at radius 3 is 1.96 bits per heavy atom. The van der Waals surface area contributed by atoms with Crippen molar-refractivity contribution in [3.8, 4) is 0 Å². The zero-order valence-corrected chi connectivity index (χ0v) is 15.3. The van der Waals surface area contributed by atoms with Gasteiger partial charge in [0, 0.05) is 12.8 Å². The molecule has 0 bridgehead atoms. The molecule has 0 saturated heterocycles. The van der Waals surface area contributed by atoms with E-state index in [1.807, 2.05) is 25.1 Å². The molecule has 27 heavy (non-hydrogen) atoms. The van der Waals surface area contributed by atoms with E-state index in [-0.39, 0.29) is 11.1 Å². The highest BCUT2D eigenvalue weighted by atomic mass is 19.3. The maximum Gasteiger partial charge on any atom is 0.314 e. The molecule has 0 aliphatic heterocycles. The topological polar surface area (TPSA) is 0 Å². The average Bonchev–Trinajstić information content (AvgIpc) is 2.59. The summed E-state index contributed by atoms with van der Waals surface area (Å²) in [6, 6.07) is 12.8. The number of aryl methyl sites for hydroxylation is 1. The second-order valence-corrected chi connectivity index (χ2v) is 7.32. The third-order valence-electron chi connectivity index (χ3n) is 5.13. The molecule has 0 aromatic heterocycles. The Hall–Kier alpha value is -2.36. The number of halogens is 4. The van der Waals surface area contributed by atoms with Crippen molar-refractivity contribution in [2.45, 2.75) is 44.5 Å². The summed E-state index contributed by atoms with van der Waals surface area (Å²) in [5.41, 5.74) is 5.26. The number of hydrogen-bond acceptors (Lipinski definition) is 0. The predicted octanol–water partition coefficient (Wildman–Crippen LogP) is 6.87. The van der Waals surface area contributed by atoms with Crippen LogP contribution in [0.25, 0.3) is 11.1 Å². The predicted molar refractivity (Wildman–Crippen MR) is 102 cm³/mol. The minimum absolute atomic E-state index is 0.280. The van der Waals surface area contributed by atoms with Crippen LogP contribution < -0.4 is 0 Å². The van der Waals surface area contributed by atoms with Gasteiger partial charge in [0.15, 0.2) is 0 Å². The molecule has 3 rings (SSSR count). The molecule has 0 amide bonds. The fraction of sp³-hybridized carbons (Fsp3) is 0.304. The van der Waals surface area contributed by atoms with Gasteiger partial charge in [-0.25, -0.2) is 0 Å². The first-order valence-electron chi connectivity index (χ1n) is 8.89. The molecule has 2 aromatic rings. The quantitative estimate of drug-likeness (QED) is 0.501. The summed E-state index contributed by atoms with van der Waals surface area (Å²) < 4.78 is 54.5. The molecular weight excluding hydrogens is 352 g/mol. The van der Waals surface area contributed by atoms with Gasteiger partial charge < -0.3 is 0 Å². The van der Waals surface area contributed by atoms with Gasteiger partial charge >= 0.3 is 11.8 Å². The molecule has 0 radical (unpaired) electrons. The monoisotopic (exact) mass is 374 g/mol. The molecule has 0 heterocycles. The van der Waals surface area contributed by atoms with E-state index >= 15 is 0 Å². The molecule has 1 aliphatic rings. The first-order chi connectivity index (χ1) is 12.6. The van der Waals surface area contributed by atoms with Gasteiger partial charge in [0.1, 0.15) is 0 Å². The van der Waals surface area contributed by atoms with Gasteiger partial charge in [-0.1, -0.05) is 61.2 Å². The molecule has 0 atom stereocenters. The summed E-state index contributed by atoms with van der Waals surface area (Å²) >= 11 is 0. The van der Waals surface area contributed by atoms with E-state index in [1.54, 1.807) is 12.1 Å². The third kappa shape index (κ3) is 4.00. The maximum atomic E-state index is 13.7. The highest BCUT2D eigenvalue weighted by Gasteiger charge is 2.58. The molecule has 0 nitrogen and oxygen atoms in total. The normalized spacial score (nSPS) is 17.2. The Labute approximate surface area is 157 Å². The van der Waals surface area contributed by atoms with E-state index in [0.29, 0.717) is 18.4 Å². The molecule has 0 unspecified atom stereocenters. The number of alkyl halides is 4. The summed E-state index contributed by atoms with van der Waals surface area (Å²) in [6.07, 6.45) is -0.551. The van der Waals surface area contributed by atoms with E-state index in [4.69, 9.17) is 0 Å². The van der Waals surface area contributed by atoms with Crippen molar-refractivity contribution in [1.82, 2.24) is 0 Å². The van der Waals surface area contributed by atoms with Gasteiger partial charge in [0.05, 0.1) is 0 Å². The lowest BCUT2D eigenvalue weighted by Gasteiger charge is -2.32. The number of fused-ring (bicyclic) bond motifs is 1. The summed E-state index contributed by atoms with van der Waals surface area (Å²) in [6.45, 7) is 10.2. The van der Waals surface area contributed by atoms with Crippen LogP contribution in [0.4, 0.5) is 17.6 Å². The molecule has 1 aliphatic carbocycles. The van der Waals surface area contributed by atoms with Crippen molar-refractivity contribution in [1.29, 1.82) is 0 Å². The van der Waals surface area contributed by atoms with Crippen molar-refractivity contribution < 1.29 is 17.6 Å². The second kappa shape index (κ2) is 6.99. The van der Waals surface area contributed by atoms with Crippen molar-refractivity contribution in [2.75, 3.05) is 0 Å². The van der Waals surface area contributed by atoms with Gasteiger partial charge in [-0.2, -0.15) is 17.6 Å². The van der Waals surface area contributed by atoms with E-state index in [2.05, 4.69) is 19.2 Å². The lowest BCUT2D eigenvalue weighted by molar-refractivity contribution is -0.211. The Kier molecular flexibility index (Phi) is 5.02. The Morgan fingerprint density at radius 2 is 1.37 bits per heavy atom. The van der Waals surface area contributed by atoms with Crippen LogP contribution in [0, 0.1) is 6.92 Å². The van der Waals surface area contributed by atoms with Gasteiger partial charge in [-0.15, -0.1) is 0 Å². The van der Waals surface area contributed by atoms with Crippen LogP contribution in [-0.2, 0) is 12.8 Å². The summed E-state index contributed by atoms with van der Waals surface area (Å²) in [4.78, 5) is 0. The van der Waals surface area contributed by atoms with E-state index in [0.717, 1.165) is 22.3 Å². The Morgan fingerprint density at radius 1 is 0.815 bits per heavy atom. The molecule has 0 saturated carbocycles. The van der Waals surface area contributed by atoms with Crippen molar-refractivity contribution in [3.05, 3.63) is 83.4 Å². The lowest BCUT2D eigenvalue weighted by Crippen LogP contribution is -2.47. The van der Waals surface area contributed by atoms with Crippen LogP contribution in [-0.4, -0.2) is 11.8 Å². The first kappa shape index (κ1) is 19.4. The van der Waals surface area contributed by atoms with Crippen LogP contribution in [0.3, 0.4) is 0 Å². The lowest BCUT2D eigenvalue weighted by atomic mass is 9.84. The molecular formula is C23H22F4. The molecule has 4 heteroatoms. The summed E-state index contributed by atoms with van der Waals surface area (Å²) in [5.74, 6) is -8.01. The highest BCUT2D eigenvalue weighted by Crippen LogP contribution is 2.44. The smallest absolute Gasteiger partial charge is 0.200 e. The molecule has 0 N–H and O–H groups in total. The average molecular weight is 374 g/mol. The van der Waals surface area contributed by atoms with Crippen molar-refractivity contribution in [2.24, 2.45) is 0 Å². The van der Waals surface area contributed by atoms with Crippen LogP contribution in [0.2, 0.25) is 0 Å². The van der Waals surface area contributed by atoms with Crippen molar-refractivity contribution >= 4 is 11.1 Å². The van der Waals surface area contributed by atoms with E-state index < -0.39 is 24.7 Å². The second-order valence-electron chi connectivity index (χ2n) is 7.32. The van der Waals surface area contributed by atoms with Crippen LogP contribution in [0.15, 0.2) is 55.6 Å².